The van der Waals surface area contributed by atoms with E-state index in [1.807, 2.05) is 13.8 Å². The number of sulfonamides is 1. The molecular formula is C14H24ClN2O2S2-. The summed E-state index contributed by atoms with van der Waals surface area (Å²) in [5, 5.41) is 1.79. The van der Waals surface area contributed by atoms with E-state index >= 15 is 0 Å². The summed E-state index contributed by atoms with van der Waals surface area (Å²) in [5.74, 6) is 0. The van der Waals surface area contributed by atoms with Crippen LogP contribution >= 0.6 is 11.3 Å². The molecule has 0 aliphatic carbocycles. The standard InChI is InChI=1S/C14H24N2O2S2.ClH/c1-14(2,12-16-9-5-3-4-6-10-16)15-20(17,18)13-8-7-11-19-13;/h7-8,11,15H,3-6,9-10,12H2,1-2H3;1H/p-1. The van der Waals surface area contributed by atoms with Crippen molar-refractivity contribution in [2.24, 2.45) is 0 Å². The van der Waals surface area contributed by atoms with E-state index in [4.69, 9.17) is 0 Å². The van der Waals surface area contributed by atoms with Crippen molar-refractivity contribution in [3.63, 3.8) is 0 Å². The minimum absolute atomic E-state index is 0. The molecule has 21 heavy (non-hydrogen) atoms. The van der Waals surface area contributed by atoms with Gasteiger partial charge in [-0.2, -0.15) is 0 Å². The first-order valence-electron chi connectivity index (χ1n) is 7.19. The van der Waals surface area contributed by atoms with Crippen LogP contribution in [0.2, 0.25) is 0 Å². The van der Waals surface area contributed by atoms with Gasteiger partial charge in [-0.1, -0.05) is 18.9 Å². The van der Waals surface area contributed by atoms with Gasteiger partial charge < -0.3 is 17.3 Å². The van der Waals surface area contributed by atoms with Crippen LogP contribution in [-0.4, -0.2) is 38.5 Å². The molecule has 2 rings (SSSR count). The molecule has 0 spiro atoms. The molecule has 1 N–H and O–H groups in total. The molecule has 0 aromatic carbocycles. The van der Waals surface area contributed by atoms with Gasteiger partial charge in [0.05, 0.1) is 0 Å². The Balaban J connectivity index is 0.00000220. The monoisotopic (exact) mass is 351 g/mol. The lowest BCUT2D eigenvalue weighted by Gasteiger charge is -2.32. The van der Waals surface area contributed by atoms with E-state index in [2.05, 4.69) is 9.62 Å². The van der Waals surface area contributed by atoms with Gasteiger partial charge >= 0.3 is 0 Å². The zero-order valence-corrected chi connectivity index (χ0v) is 15.0. The summed E-state index contributed by atoms with van der Waals surface area (Å²) in [4.78, 5) is 2.38. The number of halogens is 1. The van der Waals surface area contributed by atoms with Gasteiger partial charge in [-0.3, -0.25) is 0 Å². The highest BCUT2D eigenvalue weighted by molar-refractivity contribution is 7.91. The second kappa shape index (κ2) is 7.92. The molecule has 0 unspecified atom stereocenters. The SMILES string of the molecule is CC(C)(CN1CCCCCC1)NS(=O)(=O)c1cccs1.[Cl-]. The maximum atomic E-state index is 12.3. The van der Waals surface area contributed by atoms with Gasteiger partial charge in [-0.05, 0) is 51.2 Å². The Bertz CT molecular complexity index is 507. The molecule has 0 atom stereocenters. The Labute approximate surface area is 138 Å². The highest BCUT2D eigenvalue weighted by Crippen LogP contribution is 2.19. The van der Waals surface area contributed by atoms with Crippen LogP contribution in [0, 0.1) is 0 Å². The van der Waals surface area contributed by atoms with Crippen molar-refractivity contribution in [1.82, 2.24) is 9.62 Å². The predicted octanol–water partition coefficient (Wildman–Crippen LogP) is -0.315. The summed E-state index contributed by atoms with van der Waals surface area (Å²) in [6.45, 7) is 6.83. The molecule has 0 amide bonds. The fourth-order valence-electron chi connectivity index (χ4n) is 2.72. The van der Waals surface area contributed by atoms with Crippen molar-refractivity contribution in [3.8, 4) is 0 Å². The first kappa shape index (κ1) is 18.9. The zero-order chi connectivity index (χ0) is 14.6. The van der Waals surface area contributed by atoms with Crippen molar-refractivity contribution in [2.45, 2.75) is 49.3 Å². The van der Waals surface area contributed by atoms with Crippen molar-refractivity contribution < 1.29 is 20.8 Å². The van der Waals surface area contributed by atoms with Crippen LogP contribution in [0.25, 0.3) is 0 Å². The van der Waals surface area contributed by atoms with Crippen LogP contribution in [0.5, 0.6) is 0 Å². The lowest BCUT2D eigenvalue weighted by atomic mass is 10.1. The Hall–Kier alpha value is -0.140. The third-order valence-electron chi connectivity index (χ3n) is 3.49. The van der Waals surface area contributed by atoms with E-state index in [1.54, 1.807) is 17.5 Å². The van der Waals surface area contributed by atoms with Gasteiger partial charge in [0.2, 0.25) is 0 Å². The number of hydrogen-bond donors (Lipinski definition) is 1. The Morgan fingerprint density at radius 1 is 1.24 bits per heavy atom. The molecule has 1 aromatic heterocycles. The molecule has 1 aliphatic heterocycles. The van der Waals surface area contributed by atoms with E-state index in [-0.39, 0.29) is 12.4 Å². The molecular weight excluding hydrogens is 328 g/mol. The largest absolute Gasteiger partial charge is 1.00 e. The third-order valence-corrected chi connectivity index (χ3v) is 6.58. The molecule has 1 aromatic rings. The van der Waals surface area contributed by atoms with Crippen molar-refractivity contribution >= 4 is 21.4 Å². The fourth-order valence-corrected chi connectivity index (χ4v) is 5.11. The van der Waals surface area contributed by atoms with Gasteiger partial charge in [0, 0.05) is 12.1 Å². The van der Waals surface area contributed by atoms with E-state index < -0.39 is 15.6 Å². The predicted molar refractivity (Wildman–Crippen MR) is 83.6 cm³/mol. The second-order valence-electron chi connectivity index (χ2n) is 6.11. The summed E-state index contributed by atoms with van der Waals surface area (Å²) >= 11 is 1.26. The van der Waals surface area contributed by atoms with Crippen LogP contribution in [-0.2, 0) is 10.0 Å². The zero-order valence-electron chi connectivity index (χ0n) is 12.6. The van der Waals surface area contributed by atoms with Crippen LogP contribution in [0.15, 0.2) is 21.7 Å². The normalized spacial score (nSPS) is 18.0. The number of thiophene rings is 1. The molecule has 1 saturated heterocycles. The number of likely N-dealkylation sites (tertiary alicyclic amines) is 1. The molecule has 0 saturated carbocycles. The van der Waals surface area contributed by atoms with Gasteiger partial charge in [0.1, 0.15) is 4.21 Å². The minimum atomic E-state index is -3.39. The summed E-state index contributed by atoms with van der Waals surface area (Å²) in [6, 6.07) is 3.41. The Kier molecular flexibility index (Phi) is 7.13. The van der Waals surface area contributed by atoms with Crippen LogP contribution in [0.4, 0.5) is 0 Å². The van der Waals surface area contributed by atoms with E-state index in [0.717, 1.165) is 19.6 Å². The average Bonchev–Trinajstić information content (AvgIpc) is 2.76. The maximum Gasteiger partial charge on any atom is 0.250 e. The van der Waals surface area contributed by atoms with Gasteiger partial charge in [0.15, 0.2) is 0 Å². The molecule has 2 heterocycles. The molecule has 0 radical (unpaired) electrons. The lowest BCUT2D eigenvalue weighted by molar-refractivity contribution is -0.00000766. The van der Waals surface area contributed by atoms with Crippen LogP contribution in [0.1, 0.15) is 39.5 Å². The first-order valence-corrected chi connectivity index (χ1v) is 9.55. The first-order chi connectivity index (χ1) is 9.39. The molecule has 0 bridgehead atoms. The Morgan fingerprint density at radius 2 is 1.86 bits per heavy atom. The molecule has 122 valence electrons. The average molecular weight is 352 g/mol. The van der Waals surface area contributed by atoms with E-state index in [1.165, 1.54) is 37.0 Å². The third kappa shape index (κ3) is 5.87. The van der Waals surface area contributed by atoms with Crippen molar-refractivity contribution in [2.75, 3.05) is 19.6 Å². The maximum absolute atomic E-state index is 12.3. The number of nitrogens with zero attached hydrogens (tertiary/aromatic N) is 1. The molecule has 7 heteroatoms. The van der Waals surface area contributed by atoms with Crippen LogP contribution < -0.4 is 17.1 Å². The van der Waals surface area contributed by atoms with Gasteiger partial charge in [-0.15, -0.1) is 11.3 Å². The number of hydrogen-bond acceptors (Lipinski definition) is 4. The fraction of sp³-hybridized carbons (Fsp3) is 0.714. The Morgan fingerprint density at radius 3 is 2.38 bits per heavy atom. The highest BCUT2D eigenvalue weighted by atomic mass is 35.5. The van der Waals surface area contributed by atoms with Crippen molar-refractivity contribution in [1.29, 1.82) is 0 Å². The smallest absolute Gasteiger partial charge is 0.250 e. The molecule has 1 fully saturated rings. The van der Waals surface area contributed by atoms with E-state index in [0.29, 0.717) is 4.21 Å². The summed E-state index contributed by atoms with van der Waals surface area (Å²) < 4.78 is 27.8. The lowest BCUT2D eigenvalue weighted by Crippen LogP contribution is -3.00. The second-order valence-corrected chi connectivity index (χ2v) is 8.97. The highest BCUT2D eigenvalue weighted by Gasteiger charge is 2.29. The van der Waals surface area contributed by atoms with Gasteiger partial charge in [-0.25, -0.2) is 13.1 Å². The van der Waals surface area contributed by atoms with E-state index in [9.17, 15) is 8.42 Å². The summed E-state index contributed by atoms with van der Waals surface area (Å²) in [6.07, 6.45) is 5.01. The topological polar surface area (TPSA) is 49.4 Å². The van der Waals surface area contributed by atoms with Gasteiger partial charge in [0.25, 0.3) is 10.0 Å². The quantitative estimate of drug-likeness (QED) is 0.791. The van der Waals surface area contributed by atoms with Crippen LogP contribution in [0.3, 0.4) is 0 Å². The summed E-state index contributed by atoms with van der Waals surface area (Å²) in [7, 11) is -3.39. The number of nitrogens with one attached hydrogen (secondary N) is 1. The number of rotatable bonds is 5. The molecule has 1 aliphatic rings. The summed E-state index contributed by atoms with van der Waals surface area (Å²) in [5.41, 5.74) is -0.451. The minimum Gasteiger partial charge on any atom is -1.00 e. The van der Waals surface area contributed by atoms with Crippen molar-refractivity contribution in [3.05, 3.63) is 17.5 Å². The molecule has 4 nitrogen and oxygen atoms in total.